The van der Waals surface area contributed by atoms with Gasteiger partial charge in [0, 0.05) is 19.0 Å². The fourth-order valence-corrected chi connectivity index (χ4v) is 2.93. The summed E-state index contributed by atoms with van der Waals surface area (Å²) in [6.45, 7) is 2.09. The zero-order valence-electron chi connectivity index (χ0n) is 10.6. The number of nitrogens with zero attached hydrogens (tertiary/aromatic N) is 3. The minimum absolute atomic E-state index is 0.193. The molecule has 100 valence electrons. The highest BCUT2D eigenvalue weighted by Crippen LogP contribution is 2.34. The fraction of sp³-hybridized carbons (Fsp3) is 0.571. The molecule has 2 aliphatic rings. The number of hydrogen-bond donors (Lipinski definition) is 1. The number of aliphatic hydroxyl groups excluding tert-OH is 1. The van der Waals surface area contributed by atoms with E-state index in [-0.39, 0.29) is 12.5 Å². The SMILES string of the molecule is OCC1C#CC1C1CCN(c2ncc(Cl)cn2)CC1. The molecule has 2 unspecified atom stereocenters. The Hall–Kier alpha value is -1.31. The molecule has 19 heavy (non-hydrogen) atoms. The molecule has 1 aliphatic heterocycles. The molecule has 2 atom stereocenters. The van der Waals surface area contributed by atoms with E-state index in [1.54, 1.807) is 12.4 Å². The lowest BCUT2D eigenvalue weighted by Gasteiger charge is -2.37. The van der Waals surface area contributed by atoms with E-state index in [4.69, 9.17) is 11.6 Å². The van der Waals surface area contributed by atoms with Crippen LogP contribution in [0, 0.1) is 29.6 Å². The lowest BCUT2D eigenvalue weighted by molar-refractivity contribution is 0.178. The number of rotatable bonds is 3. The third kappa shape index (κ3) is 2.54. The molecule has 1 N–H and O–H groups in total. The van der Waals surface area contributed by atoms with Gasteiger partial charge in [0.2, 0.25) is 5.95 Å². The standard InChI is InChI=1S/C14H16ClN3O/c15-12-7-16-14(17-8-12)18-5-3-10(4-6-18)13-2-1-11(13)9-19/h7-8,10-11,13,19H,3-6,9H2. The van der Waals surface area contributed by atoms with Crippen LogP contribution in [0.1, 0.15) is 12.8 Å². The predicted octanol–water partition coefficient (Wildman–Crippen LogP) is 1.59. The smallest absolute Gasteiger partial charge is 0.225 e. The molecule has 0 radical (unpaired) electrons. The van der Waals surface area contributed by atoms with E-state index >= 15 is 0 Å². The Morgan fingerprint density at radius 2 is 1.95 bits per heavy atom. The Morgan fingerprint density at radius 1 is 1.26 bits per heavy atom. The van der Waals surface area contributed by atoms with Gasteiger partial charge in [-0.3, -0.25) is 0 Å². The van der Waals surface area contributed by atoms with Gasteiger partial charge >= 0.3 is 0 Å². The molecule has 1 aromatic rings. The van der Waals surface area contributed by atoms with Crippen molar-refractivity contribution in [2.24, 2.45) is 17.8 Å². The fourth-order valence-electron chi connectivity index (χ4n) is 2.83. The molecule has 1 aromatic heterocycles. The minimum atomic E-state index is 0.193. The molecule has 0 amide bonds. The first-order valence-electron chi connectivity index (χ1n) is 6.62. The van der Waals surface area contributed by atoms with E-state index in [0.29, 0.717) is 16.9 Å². The largest absolute Gasteiger partial charge is 0.395 e. The summed E-state index contributed by atoms with van der Waals surface area (Å²) in [6.07, 6.45) is 5.44. The van der Waals surface area contributed by atoms with Gasteiger partial charge < -0.3 is 10.0 Å². The number of aromatic nitrogens is 2. The van der Waals surface area contributed by atoms with Crippen molar-refractivity contribution in [2.45, 2.75) is 12.8 Å². The Labute approximate surface area is 117 Å². The van der Waals surface area contributed by atoms with Gasteiger partial charge in [0.15, 0.2) is 0 Å². The van der Waals surface area contributed by atoms with E-state index in [9.17, 15) is 5.11 Å². The minimum Gasteiger partial charge on any atom is -0.395 e. The number of halogens is 1. The van der Waals surface area contributed by atoms with Crippen LogP contribution in [0.4, 0.5) is 5.95 Å². The van der Waals surface area contributed by atoms with E-state index in [0.717, 1.165) is 31.9 Å². The average molecular weight is 278 g/mol. The van der Waals surface area contributed by atoms with Crippen molar-refractivity contribution in [3.05, 3.63) is 17.4 Å². The normalized spacial score (nSPS) is 26.5. The topological polar surface area (TPSA) is 49.2 Å². The molecule has 1 aliphatic carbocycles. The number of hydrogen-bond acceptors (Lipinski definition) is 4. The highest BCUT2D eigenvalue weighted by Gasteiger charge is 2.34. The van der Waals surface area contributed by atoms with Gasteiger partial charge in [-0.25, -0.2) is 9.97 Å². The molecule has 2 heterocycles. The van der Waals surface area contributed by atoms with Crippen molar-refractivity contribution in [3.63, 3.8) is 0 Å². The summed E-state index contributed by atoms with van der Waals surface area (Å²) in [5, 5.41) is 9.76. The van der Waals surface area contributed by atoms with Gasteiger partial charge in [-0.2, -0.15) is 0 Å². The van der Waals surface area contributed by atoms with Gasteiger partial charge in [-0.05, 0) is 18.8 Å². The molecule has 4 nitrogen and oxygen atoms in total. The Morgan fingerprint density at radius 3 is 2.47 bits per heavy atom. The van der Waals surface area contributed by atoms with Crippen LogP contribution >= 0.6 is 11.6 Å². The van der Waals surface area contributed by atoms with Crippen LogP contribution in [-0.4, -0.2) is 34.8 Å². The molecule has 1 fully saturated rings. The summed E-state index contributed by atoms with van der Waals surface area (Å²) in [6, 6.07) is 0. The van der Waals surface area contributed by atoms with Crippen molar-refractivity contribution >= 4 is 17.5 Å². The van der Waals surface area contributed by atoms with Gasteiger partial charge in [-0.15, -0.1) is 0 Å². The summed E-state index contributed by atoms with van der Waals surface area (Å²) >= 11 is 5.79. The lowest BCUT2D eigenvalue weighted by atomic mass is 9.73. The molecule has 3 rings (SSSR count). The van der Waals surface area contributed by atoms with Crippen LogP contribution in [0.3, 0.4) is 0 Å². The molecular weight excluding hydrogens is 262 g/mol. The first kappa shape index (κ1) is 12.7. The second-order valence-corrected chi connectivity index (χ2v) is 5.57. The zero-order chi connectivity index (χ0) is 13.2. The van der Waals surface area contributed by atoms with Gasteiger partial charge in [-0.1, -0.05) is 23.4 Å². The number of piperidine rings is 1. The first-order chi connectivity index (χ1) is 9.28. The number of anilines is 1. The van der Waals surface area contributed by atoms with Crippen molar-refractivity contribution in [1.82, 2.24) is 9.97 Å². The molecule has 0 aromatic carbocycles. The Kier molecular flexibility index (Phi) is 3.58. The summed E-state index contributed by atoms with van der Waals surface area (Å²) < 4.78 is 0. The number of aliphatic hydroxyl groups is 1. The van der Waals surface area contributed by atoms with Gasteiger partial charge in [0.05, 0.1) is 29.9 Å². The maximum Gasteiger partial charge on any atom is 0.225 e. The van der Waals surface area contributed by atoms with Crippen molar-refractivity contribution in [2.75, 3.05) is 24.6 Å². The highest BCUT2D eigenvalue weighted by atomic mass is 35.5. The monoisotopic (exact) mass is 277 g/mol. The van der Waals surface area contributed by atoms with Gasteiger partial charge in [0.25, 0.3) is 0 Å². The van der Waals surface area contributed by atoms with Crippen molar-refractivity contribution in [3.8, 4) is 11.8 Å². The van der Waals surface area contributed by atoms with Gasteiger partial charge in [0.1, 0.15) is 0 Å². The second kappa shape index (κ2) is 5.36. The van der Waals surface area contributed by atoms with E-state index in [1.165, 1.54) is 0 Å². The van der Waals surface area contributed by atoms with Crippen LogP contribution in [0.15, 0.2) is 12.4 Å². The Balaban J connectivity index is 1.58. The van der Waals surface area contributed by atoms with Crippen LogP contribution in [0.5, 0.6) is 0 Å². The van der Waals surface area contributed by atoms with Crippen molar-refractivity contribution < 1.29 is 5.11 Å². The molecule has 5 heteroatoms. The zero-order valence-corrected chi connectivity index (χ0v) is 11.3. The summed E-state index contributed by atoms with van der Waals surface area (Å²) in [4.78, 5) is 10.7. The quantitative estimate of drug-likeness (QED) is 0.853. The molecule has 0 saturated carbocycles. The molecule has 0 bridgehead atoms. The summed E-state index contributed by atoms with van der Waals surface area (Å²) in [5.74, 6) is 8.17. The molecule has 1 saturated heterocycles. The van der Waals surface area contributed by atoms with E-state index in [1.807, 2.05) is 0 Å². The Bertz CT molecular complexity index is 500. The highest BCUT2D eigenvalue weighted by molar-refractivity contribution is 6.30. The van der Waals surface area contributed by atoms with Crippen LogP contribution in [-0.2, 0) is 0 Å². The lowest BCUT2D eigenvalue weighted by Crippen LogP contribution is -2.40. The van der Waals surface area contributed by atoms with Crippen LogP contribution in [0.2, 0.25) is 5.02 Å². The molecule has 0 spiro atoms. The maximum atomic E-state index is 9.20. The third-order valence-corrected chi connectivity index (χ3v) is 4.20. The van der Waals surface area contributed by atoms with Crippen LogP contribution in [0.25, 0.3) is 0 Å². The molecular formula is C14H16ClN3O. The predicted molar refractivity (Wildman–Crippen MR) is 73.8 cm³/mol. The maximum absolute atomic E-state index is 9.20. The third-order valence-electron chi connectivity index (χ3n) is 4.00. The van der Waals surface area contributed by atoms with Crippen LogP contribution < -0.4 is 4.90 Å². The first-order valence-corrected chi connectivity index (χ1v) is 7.00. The van der Waals surface area contributed by atoms with E-state index in [2.05, 4.69) is 26.7 Å². The average Bonchev–Trinajstić information content (AvgIpc) is 2.40. The summed E-state index contributed by atoms with van der Waals surface area (Å²) in [5.41, 5.74) is 0. The van der Waals surface area contributed by atoms with Crippen molar-refractivity contribution in [1.29, 1.82) is 0 Å². The second-order valence-electron chi connectivity index (χ2n) is 5.13. The summed E-state index contributed by atoms with van der Waals surface area (Å²) in [7, 11) is 0. The van der Waals surface area contributed by atoms with E-state index < -0.39 is 0 Å².